The van der Waals surface area contributed by atoms with Crippen LogP contribution in [-0.2, 0) is 6.42 Å². The van der Waals surface area contributed by atoms with Gasteiger partial charge in [0.2, 0.25) is 6.79 Å². The molecule has 0 unspecified atom stereocenters. The molecule has 1 aromatic carbocycles. The number of rotatable bonds is 0. The van der Waals surface area contributed by atoms with E-state index in [1.54, 1.807) is 0 Å². The molecule has 15 heavy (non-hydrogen) atoms. The fraction of sp³-hybridized carbons (Fsp3) is 0.500. The van der Waals surface area contributed by atoms with E-state index in [0.29, 0.717) is 12.2 Å². The Bertz CT molecular complexity index is 437. The van der Waals surface area contributed by atoms with Gasteiger partial charge in [-0.05, 0) is 36.3 Å². The number of ether oxygens (including phenoxy) is 2. The highest BCUT2D eigenvalue weighted by molar-refractivity contribution is 5.63. The van der Waals surface area contributed by atoms with Crippen LogP contribution >= 0.6 is 0 Å². The third-order valence-electron chi connectivity index (χ3n) is 3.77. The number of anilines is 1. The summed E-state index contributed by atoms with van der Waals surface area (Å²) in [5.74, 6) is 1.79. The van der Waals surface area contributed by atoms with Crippen molar-refractivity contribution in [3.05, 3.63) is 17.7 Å². The first kappa shape index (κ1) is 7.85. The lowest BCUT2D eigenvalue weighted by atomic mass is 9.91. The van der Waals surface area contributed by atoms with Gasteiger partial charge < -0.3 is 14.8 Å². The second-order valence-corrected chi connectivity index (χ2v) is 4.89. The van der Waals surface area contributed by atoms with Crippen molar-refractivity contribution in [1.29, 1.82) is 0 Å². The van der Waals surface area contributed by atoms with Gasteiger partial charge in [-0.2, -0.15) is 0 Å². The van der Waals surface area contributed by atoms with Crippen LogP contribution in [0.3, 0.4) is 0 Å². The van der Waals surface area contributed by atoms with E-state index >= 15 is 0 Å². The Morgan fingerprint density at radius 3 is 2.73 bits per heavy atom. The van der Waals surface area contributed by atoms with Gasteiger partial charge in [0.05, 0.1) is 0 Å². The summed E-state index contributed by atoms with van der Waals surface area (Å²) in [4.78, 5) is 0. The van der Waals surface area contributed by atoms with Gasteiger partial charge in [-0.3, -0.25) is 0 Å². The van der Waals surface area contributed by atoms with E-state index in [1.807, 2.05) is 0 Å². The van der Waals surface area contributed by atoms with Gasteiger partial charge in [-0.15, -0.1) is 0 Å². The normalized spacial score (nSPS) is 23.5. The fourth-order valence-electron chi connectivity index (χ4n) is 2.57. The SMILES string of the molecule is c1c2c(cc3c1OCO3)NCC1(CC1)C2. The molecule has 1 aliphatic carbocycles. The fourth-order valence-corrected chi connectivity index (χ4v) is 2.57. The van der Waals surface area contributed by atoms with E-state index in [1.165, 1.54) is 30.5 Å². The predicted molar refractivity (Wildman–Crippen MR) is 56.4 cm³/mol. The Morgan fingerprint density at radius 2 is 1.93 bits per heavy atom. The van der Waals surface area contributed by atoms with Crippen LogP contribution in [0.25, 0.3) is 0 Å². The molecule has 1 spiro atoms. The molecular weight excluding hydrogens is 190 g/mol. The average molecular weight is 203 g/mol. The number of fused-ring (bicyclic) bond motifs is 2. The second-order valence-electron chi connectivity index (χ2n) is 4.89. The lowest BCUT2D eigenvalue weighted by Gasteiger charge is -2.26. The summed E-state index contributed by atoms with van der Waals surface area (Å²) in [7, 11) is 0. The van der Waals surface area contributed by atoms with Gasteiger partial charge >= 0.3 is 0 Å². The van der Waals surface area contributed by atoms with Crippen LogP contribution in [0.2, 0.25) is 0 Å². The van der Waals surface area contributed by atoms with Gasteiger partial charge in [0.1, 0.15) is 0 Å². The molecule has 0 atom stereocenters. The maximum Gasteiger partial charge on any atom is 0.231 e. The smallest absolute Gasteiger partial charge is 0.231 e. The summed E-state index contributed by atoms with van der Waals surface area (Å²) in [6.45, 7) is 1.49. The molecule has 3 aliphatic rings. The average Bonchev–Trinajstić information content (AvgIpc) is 2.84. The van der Waals surface area contributed by atoms with E-state index in [0.717, 1.165) is 18.0 Å². The van der Waals surface area contributed by atoms with Crippen LogP contribution in [0.15, 0.2) is 12.1 Å². The van der Waals surface area contributed by atoms with Crippen molar-refractivity contribution in [2.45, 2.75) is 19.3 Å². The van der Waals surface area contributed by atoms with E-state index < -0.39 is 0 Å². The van der Waals surface area contributed by atoms with E-state index in [9.17, 15) is 0 Å². The van der Waals surface area contributed by atoms with Crippen molar-refractivity contribution in [2.24, 2.45) is 5.41 Å². The Morgan fingerprint density at radius 1 is 1.13 bits per heavy atom. The van der Waals surface area contributed by atoms with E-state index in [2.05, 4.69) is 17.4 Å². The van der Waals surface area contributed by atoms with E-state index in [4.69, 9.17) is 9.47 Å². The molecule has 2 heterocycles. The molecule has 1 saturated carbocycles. The standard InChI is InChI=1S/C12H13NO2/c1-2-12(1)5-8-3-10-11(15-7-14-10)4-9(8)13-6-12/h3-4,13H,1-2,5-7H2. The highest BCUT2D eigenvalue weighted by Crippen LogP contribution is 2.53. The topological polar surface area (TPSA) is 30.5 Å². The summed E-state index contributed by atoms with van der Waals surface area (Å²) in [6, 6.07) is 4.22. The summed E-state index contributed by atoms with van der Waals surface area (Å²) < 4.78 is 10.8. The first-order valence-corrected chi connectivity index (χ1v) is 5.51. The zero-order valence-corrected chi connectivity index (χ0v) is 8.51. The zero-order valence-electron chi connectivity index (χ0n) is 8.51. The van der Waals surface area contributed by atoms with Crippen molar-refractivity contribution in [3.8, 4) is 11.5 Å². The Hall–Kier alpha value is -1.38. The van der Waals surface area contributed by atoms with Crippen molar-refractivity contribution < 1.29 is 9.47 Å². The Balaban J connectivity index is 1.80. The molecular formula is C12H13NO2. The van der Waals surface area contributed by atoms with Crippen LogP contribution in [-0.4, -0.2) is 13.3 Å². The van der Waals surface area contributed by atoms with Gasteiger partial charge in [0.15, 0.2) is 11.5 Å². The first-order valence-electron chi connectivity index (χ1n) is 5.51. The van der Waals surface area contributed by atoms with Crippen LogP contribution in [0.1, 0.15) is 18.4 Å². The maximum absolute atomic E-state index is 5.40. The second kappa shape index (κ2) is 2.40. The predicted octanol–water partition coefficient (Wildman–Crippen LogP) is 2.16. The number of nitrogens with one attached hydrogen (secondary N) is 1. The third-order valence-corrected chi connectivity index (χ3v) is 3.77. The monoisotopic (exact) mass is 203 g/mol. The van der Waals surface area contributed by atoms with Crippen molar-refractivity contribution in [2.75, 3.05) is 18.7 Å². The third kappa shape index (κ3) is 1.06. The molecule has 1 aromatic rings. The summed E-state index contributed by atoms with van der Waals surface area (Å²) in [6.07, 6.45) is 3.94. The molecule has 3 heteroatoms. The molecule has 1 N–H and O–H groups in total. The summed E-state index contributed by atoms with van der Waals surface area (Å²) in [5.41, 5.74) is 3.19. The molecule has 0 radical (unpaired) electrons. The minimum atomic E-state index is 0.364. The minimum absolute atomic E-state index is 0.364. The molecule has 3 nitrogen and oxygen atoms in total. The largest absolute Gasteiger partial charge is 0.454 e. The van der Waals surface area contributed by atoms with Crippen molar-refractivity contribution in [3.63, 3.8) is 0 Å². The summed E-state index contributed by atoms with van der Waals surface area (Å²) >= 11 is 0. The quantitative estimate of drug-likeness (QED) is 0.701. The van der Waals surface area contributed by atoms with Gasteiger partial charge in [0.25, 0.3) is 0 Å². The Labute approximate surface area is 88.4 Å². The molecule has 4 rings (SSSR count). The van der Waals surface area contributed by atoms with Gasteiger partial charge in [-0.25, -0.2) is 0 Å². The molecule has 78 valence electrons. The molecule has 0 amide bonds. The maximum atomic E-state index is 5.40. The van der Waals surface area contributed by atoms with Crippen LogP contribution in [0.5, 0.6) is 11.5 Å². The molecule has 0 saturated heterocycles. The molecule has 0 aromatic heterocycles. The minimum Gasteiger partial charge on any atom is -0.454 e. The van der Waals surface area contributed by atoms with Crippen molar-refractivity contribution >= 4 is 5.69 Å². The van der Waals surface area contributed by atoms with Crippen LogP contribution in [0.4, 0.5) is 5.69 Å². The molecule has 0 bridgehead atoms. The number of hydrogen-bond acceptors (Lipinski definition) is 3. The van der Waals surface area contributed by atoms with Gasteiger partial charge in [-0.1, -0.05) is 0 Å². The molecule has 2 aliphatic heterocycles. The highest BCUT2D eigenvalue weighted by Gasteiger charge is 2.45. The van der Waals surface area contributed by atoms with E-state index in [-0.39, 0.29) is 0 Å². The number of hydrogen-bond donors (Lipinski definition) is 1. The lowest BCUT2D eigenvalue weighted by Crippen LogP contribution is -2.24. The molecule has 1 fully saturated rings. The highest BCUT2D eigenvalue weighted by atomic mass is 16.7. The first-order chi connectivity index (χ1) is 7.35. The van der Waals surface area contributed by atoms with Crippen LogP contribution in [0, 0.1) is 5.41 Å². The number of benzene rings is 1. The summed E-state index contributed by atoms with van der Waals surface area (Å²) in [5, 5.41) is 3.51. The van der Waals surface area contributed by atoms with Crippen LogP contribution < -0.4 is 14.8 Å². The lowest BCUT2D eigenvalue weighted by molar-refractivity contribution is 0.174. The Kier molecular flexibility index (Phi) is 1.26. The van der Waals surface area contributed by atoms with Gasteiger partial charge in [0, 0.05) is 18.3 Å². The van der Waals surface area contributed by atoms with Crippen molar-refractivity contribution in [1.82, 2.24) is 0 Å². The zero-order chi connectivity index (χ0) is 9.88.